The summed E-state index contributed by atoms with van der Waals surface area (Å²) in [5.74, 6) is 0. The van der Waals surface area contributed by atoms with Crippen molar-refractivity contribution in [2.45, 2.75) is 0 Å². The number of hydrogen-bond donors (Lipinski definition) is 0. The largest absolute Gasteiger partial charge is 3.00 e. The molecule has 0 spiro atoms. The maximum Gasteiger partial charge on any atom is 3.00 e. The predicted molar refractivity (Wildman–Crippen MR) is 30.4 cm³/mol. The van der Waals surface area contributed by atoms with Crippen LogP contribution in [-0.2, 0) is 21.7 Å². The Bertz CT molecular complexity index is 146. The first-order valence-electron chi connectivity index (χ1n) is 2.16. The van der Waals surface area contributed by atoms with Gasteiger partial charge in [-0.05, 0) is 0 Å². The van der Waals surface area contributed by atoms with E-state index in [9.17, 15) is 0 Å². The smallest absolute Gasteiger partial charge is 1.00 e. The van der Waals surface area contributed by atoms with E-state index in [-0.39, 0.29) is 46.5 Å². The molecule has 10 heavy (non-hydrogen) atoms. The zero-order valence-electron chi connectivity index (χ0n) is 5.14. The molecule has 1 nitrogen and oxygen atoms in total. The summed E-state index contributed by atoms with van der Waals surface area (Å²) in [4.78, 5) is 0. The molecule has 1 N–H and O–H groups in total. The second kappa shape index (κ2) is 9.31. The van der Waals surface area contributed by atoms with Crippen LogP contribution >= 0.6 is 0 Å². The molecule has 0 saturated carbocycles. The first-order valence-corrected chi connectivity index (χ1v) is 2.16. The number of benzene rings is 1. The third kappa shape index (κ3) is 6.43. The van der Waals surface area contributed by atoms with Gasteiger partial charge in [0, 0.05) is 0 Å². The summed E-state index contributed by atoms with van der Waals surface area (Å²) in [5, 5.41) is 0. The van der Waals surface area contributed by atoms with Gasteiger partial charge in [0.05, 0.1) is 0 Å². The normalized spacial score (nSPS) is 6.00. The van der Waals surface area contributed by atoms with E-state index in [1.807, 2.05) is 18.2 Å². The standard InChI is InChI=1S/C6H6N.2ClH.Ti/c7-6-4-2-1-3-5-6;;;/h1-5,7H;2*1H;/q-1;;;+3/p-2. The topological polar surface area (TPSA) is 23.8 Å². The average molecular weight is 211 g/mol. The summed E-state index contributed by atoms with van der Waals surface area (Å²) in [7, 11) is 0. The Hall–Kier alpha value is 0.314. The fourth-order valence-electron chi connectivity index (χ4n) is 0.438. The van der Waals surface area contributed by atoms with Crippen LogP contribution in [0.25, 0.3) is 5.73 Å². The molecule has 1 aromatic rings. The molecular weight excluding hydrogens is 205 g/mol. The molecule has 0 atom stereocenters. The van der Waals surface area contributed by atoms with Crippen LogP contribution in [0.15, 0.2) is 30.3 Å². The molecule has 0 aliphatic rings. The summed E-state index contributed by atoms with van der Waals surface area (Å²) in [5.41, 5.74) is 7.57. The van der Waals surface area contributed by atoms with Gasteiger partial charge in [0.25, 0.3) is 0 Å². The quantitative estimate of drug-likeness (QED) is 0.395. The van der Waals surface area contributed by atoms with Crippen molar-refractivity contribution >= 4 is 5.69 Å². The van der Waals surface area contributed by atoms with Gasteiger partial charge in [0.1, 0.15) is 0 Å². The number of hydrogen-bond acceptors (Lipinski definition) is 0. The maximum absolute atomic E-state index is 7.00. The molecule has 0 aromatic heterocycles. The molecule has 0 saturated heterocycles. The molecule has 0 heterocycles. The Morgan fingerprint density at radius 3 is 1.50 bits per heavy atom. The number of halogens is 2. The van der Waals surface area contributed by atoms with Crippen LogP contribution in [0.2, 0.25) is 0 Å². The fourth-order valence-corrected chi connectivity index (χ4v) is 0.438. The summed E-state index contributed by atoms with van der Waals surface area (Å²) in [6.07, 6.45) is 0. The number of rotatable bonds is 0. The van der Waals surface area contributed by atoms with E-state index >= 15 is 0 Å². The first-order chi connectivity index (χ1) is 3.39. The van der Waals surface area contributed by atoms with Crippen LogP contribution in [0.4, 0.5) is 5.69 Å². The summed E-state index contributed by atoms with van der Waals surface area (Å²) in [6, 6.07) is 9.10. The Labute approximate surface area is 88.1 Å². The Morgan fingerprint density at radius 1 is 0.900 bits per heavy atom. The maximum atomic E-state index is 7.00. The third-order valence-corrected chi connectivity index (χ3v) is 0.774. The van der Waals surface area contributed by atoms with Gasteiger partial charge in [-0.25, -0.2) is 0 Å². The molecule has 4 heteroatoms. The van der Waals surface area contributed by atoms with Crippen molar-refractivity contribution in [2.24, 2.45) is 0 Å². The molecule has 1 aromatic carbocycles. The molecule has 53 valence electrons. The van der Waals surface area contributed by atoms with Gasteiger partial charge in [-0.1, -0.05) is 30.3 Å². The molecule has 0 aliphatic carbocycles. The monoisotopic (exact) mass is 210 g/mol. The molecule has 0 fully saturated rings. The van der Waals surface area contributed by atoms with Crippen LogP contribution in [0.5, 0.6) is 0 Å². The predicted octanol–water partition coefficient (Wildman–Crippen LogP) is -3.62. The van der Waals surface area contributed by atoms with E-state index < -0.39 is 0 Å². The minimum atomic E-state index is 0. The first kappa shape index (κ1) is 16.7. The minimum Gasteiger partial charge on any atom is -1.00 e. The van der Waals surface area contributed by atoms with Crippen LogP contribution in [0.1, 0.15) is 0 Å². The second-order valence-corrected chi connectivity index (χ2v) is 1.37. The Kier molecular flexibility index (Phi) is 15.6. The van der Waals surface area contributed by atoms with Gasteiger partial charge in [0.15, 0.2) is 0 Å². The van der Waals surface area contributed by atoms with Crippen molar-refractivity contribution in [3.63, 3.8) is 0 Å². The van der Waals surface area contributed by atoms with Crippen molar-refractivity contribution in [2.75, 3.05) is 0 Å². The minimum absolute atomic E-state index is 0. The average Bonchev–Trinajstić information content (AvgIpc) is 1.69. The van der Waals surface area contributed by atoms with Gasteiger partial charge in [-0.3, -0.25) is 0 Å². The van der Waals surface area contributed by atoms with Gasteiger partial charge >= 0.3 is 21.7 Å². The number of nitrogens with one attached hydrogen (secondary N) is 1. The SMILES string of the molecule is [Cl-].[Cl-].[NH-]c1ccccc1.[Ti+3]. The van der Waals surface area contributed by atoms with E-state index in [4.69, 9.17) is 5.73 Å². The zero-order valence-corrected chi connectivity index (χ0v) is 8.22. The van der Waals surface area contributed by atoms with Gasteiger partial charge in [0.2, 0.25) is 0 Å². The molecule has 1 radical (unpaired) electrons. The molecule has 0 amide bonds. The van der Waals surface area contributed by atoms with Crippen molar-refractivity contribution in [3.8, 4) is 0 Å². The molecular formula is C6H6Cl2NTi. The van der Waals surface area contributed by atoms with Crippen molar-refractivity contribution in [1.82, 2.24) is 0 Å². The fraction of sp³-hybridized carbons (Fsp3) is 0. The molecule has 0 unspecified atom stereocenters. The van der Waals surface area contributed by atoms with Crippen LogP contribution in [-0.4, -0.2) is 0 Å². The van der Waals surface area contributed by atoms with Gasteiger partial charge < -0.3 is 30.5 Å². The Balaban J connectivity index is -0.000000163. The molecule has 1 rings (SSSR count). The van der Waals surface area contributed by atoms with E-state index in [1.54, 1.807) is 12.1 Å². The van der Waals surface area contributed by atoms with Crippen molar-refractivity contribution in [3.05, 3.63) is 36.1 Å². The molecule has 0 aliphatic heterocycles. The Morgan fingerprint density at radius 2 is 1.30 bits per heavy atom. The van der Waals surface area contributed by atoms with E-state index in [0.717, 1.165) is 0 Å². The molecule has 0 bridgehead atoms. The summed E-state index contributed by atoms with van der Waals surface area (Å²) < 4.78 is 0. The van der Waals surface area contributed by atoms with E-state index in [1.165, 1.54) is 0 Å². The zero-order chi connectivity index (χ0) is 5.11. The summed E-state index contributed by atoms with van der Waals surface area (Å²) >= 11 is 0. The van der Waals surface area contributed by atoms with Crippen molar-refractivity contribution in [1.29, 1.82) is 0 Å². The van der Waals surface area contributed by atoms with Crippen molar-refractivity contribution < 1.29 is 46.5 Å². The third-order valence-electron chi connectivity index (χ3n) is 0.774. The van der Waals surface area contributed by atoms with Crippen LogP contribution in [0, 0.1) is 0 Å². The van der Waals surface area contributed by atoms with E-state index in [2.05, 4.69) is 0 Å². The van der Waals surface area contributed by atoms with Gasteiger partial charge in [-0.15, -0.1) is 5.69 Å². The van der Waals surface area contributed by atoms with E-state index in [0.29, 0.717) is 5.69 Å². The summed E-state index contributed by atoms with van der Waals surface area (Å²) in [6.45, 7) is 0. The van der Waals surface area contributed by atoms with Crippen LogP contribution < -0.4 is 24.8 Å². The second-order valence-electron chi connectivity index (χ2n) is 1.37. The van der Waals surface area contributed by atoms with Gasteiger partial charge in [-0.2, -0.15) is 0 Å². The van der Waals surface area contributed by atoms with Crippen LogP contribution in [0.3, 0.4) is 0 Å².